The highest BCUT2D eigenvalue weighted by molar-refractivity contribution is 5.96. The van der Waals surface area contributed by atoms with Crippen LogP contribution in [0.5, 0.6) is 0 Å². The second kappa shape index (κ2) is 11.3. The zero-order valence-corrected chi connectivity index (χ0v) is 18.0. The lowest BCUT2D eigenvalue weighted by molar-refractivity contribution is -0.154. The van der Waals surface area contributed by atoms with E-state index in [1.54, 1.807) is 41.0 Å². The van der Waals surface area contributed by atoms with Crippen molar-refractivity contribution in [1.82, 2.24) is 9.80 Å². The highest BCUT2D eigenvalue weighted by Gasteiger charge is 2.29. The van der Waals surface area contributed by atoms with Gasteiger partial charge in [-0.25, -0.2) is 0 Å². The molecule has 0 radical (unpaired) electrons. The summed E-state index contributed by atoms with van der Waals surface area (Å²) in [6.07, 6.45) is 1.80. The van der Waals surface area contributed by atoms with Gasteiger partial charge in [-0.15, -0.1) is 0 Å². The van der Waals surface area contributed by atoms with Gasteiger partial charge in [-0.2, -0.15) is 0 Å². The average molecular weight is 418 g/mol. The molecule has 3 amide bonds. The smallest absolute Gasteiger partial charge is 0.311 e. The van der Waals surface area contributed by atoms with Crippen molar-refractivity contribution < 1.29 is 23.9 Å². The van der Waals surface area contributed by atoms with E-state index in [4.69, 9.17) is 4.74 Å². The van der Waals surface area contributed by atoms with Crippen LogP contribution in [0, 0.1) is 5.92 Å². The van der Waals surface area contributed by atoms with Crippen LogP contribution in [0.1, 0.15) is 50.4 Å². The van der Waals surface area contributed by atoms with Gasteiger partial charge >= 0.3 is 5.97 Å². The fourth-order valence-electron chi connectivity index (χ4n) is 3.46. The van der Waals surface area contributed by atoms with Gasteiger partial charge in [-0.1, -0.05) is 6.92 Å². The lowest BCUT2D eigenvalue weighted by atomic mass is 9.98. The minimum absolute atomic E-state index is 0.0214. The van der Waals surface area contributed by atoms with Gasteiger partial charge in [0.05, 0.1) is 5.92 Å². The Balaban J connectivity index is 1.82. The Bertz CT molecular complexity index is 759. The molecule has 1 atom stereocenters. The van der Waals surface area contributed by atoms with E-state index >= 15 is 0 Å². The van der Waals surface area contributed by atoms with Crippen molar-refractivity contribution in [2.75, 3.05) is 38.1 Å². The molecule has 1 aromatic rings. The lowest BCUT2D eigenvalue weighted by Crippen LogP contribution is -2.42. The number of hydrogen-bond acceptors (Lipinski definition) is 5. The molecule has 1 saturated heterocycles. The maximum absolute atomic E-state index is 12.3. The summed E-state index contributed by atoms with van der Waals surface area (Å²) >= 11 is 0. The van der Waals surface area contributed by atoms with E-state index < -0.39 is 24.4 Å². The summed E-state index contributed by atoms with van der Waals surface area (Å²) in [5.41, 5.74) is 1.07. The molecule has 0 aliphatic carbocycles. The Labute approximate surface area is 177 Å². The van der Waals surface area contributed by atoms with Crippen molar-refractivity contribution in [3.8, 4) is 0 Å². The summed E-state index contributed by atoms with van der Waals surface area (Å²) in [5.74, 6) is -1.35. The Kier molecular flexibility index (Phi) is 8.83. The van der Waals surface area contributed by atoms with Gasteiger partial charge in [-0.3, -0.25) is 19.2 Å². The second-order valence-corrected chi connectivity index (χ2v) is 7.24. The summed E-state index contributed by atoms with van der Waals surface area (Å²) in [7, 11) is 0. The normalized spacial score (nSPS) is 16.0. The first-order valence-electron chi connectivity index (χ1n) is 10.5. The standard InChI is InChI=1S/C22H31N3O5/c1-4-20(27)25-13-7-8-17(14-25)22(29)30-15-19(26)23-18-11-9-16(10-12-18)21(28)24(5-2)6-3/h9-12,17H,4-8,13-15H2,1-3H3,(H,23,26). The largest absolute Gasteiger partial charge is 0.455 e. The predicted octanol–water partition coefficient (Wildman–Crippen LogP) is 2.30. The molecule has 2 rings (SSSR count). The zero-order valence-electron chi connectivity index (χ0n) is 18.0. The molecule has 1 aliphatic rings. The number of nitrogens with zero attached hydrogens (tertiary/aromatic N) is 2. The number of likely N-dealkylation sites (tertiary alicyclic amines) is 1. The van der Waals surface area contributed by atoms with Crippen molar-refractivity contribution in [3.05, 3.63) is 29.8 Å². The van der Waals surface area contributed by atoms with Crippen LogP contribution >= 0.6 is 0 Å². The molecule has 1 N–H and O–H groups in total. The molecule has 0 saturated carbocycles. The molecule has 0 bridgehead atoms. The molecular weight excluding hydrogens is 386 g/mol. The molecule has 30 heavy (non-hydrogen) atoms. The van der Waals surface area contributed by atoms with Crippen LogP contribution in [-0.2, 0) is 19.1 Å². The lowest BCUT2D eigenvalue weighted by Gasteiger charge is -2.31. The molecular formula is C22H31N3O5. The molecule has 0 spiro atoms. The number of hydrogen-bond donors (Lipinski definition) is 1. The number of benzene rings is 1. The van der Waals surface area contributed by atoms with Gasteiger partial charge in [0.25, 0.3) is 11.8 Å². The second-order valence-electron chi connectivity index (χ2n) is 7.24. The number of carbonyl (C=O) groups excluding carboxylic acids is 4. The van der Waals surface area contributed by atoms with Crippen molar-refractivity contribution in [2.24, 2.45) is 5.92 Å². The van der Waals surface area contributed by atoms with Crippen LogP contribution in [0.3, 0.4) is 0 Å². The quantitative estimate of drug-likeness (QED) is 0.655. The maximum Gasteiger partial charge on any atom is 0.311 e. The van der Waals surface area contributed by atoms with Crippen molar-refractivity contribution in [3.63, 3.8) is 0 Å². The van der Waals surface area contributed by atoms with E-state index in [9.17, 15) is 19.2 Å². The molecule has 1 heterocycles. The predicted molar refractivity (Wildman–Crippen MR) is 113 cm³/mol. The van der Waals surface area contributed by atoms with Crippen LogP contribution in [-0.4, -0.2) is 66.3 Å². The third-order valence-electron chi connectivity index (χ3n) is 5.22. The van der Waals surface area contributed by atoms with Gasteiger partial charge in [0.1, 0.15) is 0 Å². The van der Waals surface area contributed by atoms with Gasteiger partial charge in [0.15, 0.2) is 6.61 Å². The Morgan fingerprint density at radius 1 is 1.10 bits per heavy atom. The summed E-state index contributed by atoms with van der Waals surface area (Å²) in [6, 6.07) is 6.60. The fraction of sp³-hybridized carbons (Fsp3) is 0.545. The van der Waals surface area contributed by atoms with Gasteiger partial charge in [0, 0.05) is 43.9 Å². The Hall–Kier alpha value is -2.90. The van der Waals surface area contributed by atoms with Crippen molar-refractivity contribution >= 4 is 29.4 Å². The minimum atomic E-state index is -0.459. The summed E-state index contributed by atoms with van der Waals surface area (Å²) < 4.78 is 5.15. The highest BCUT2D eigenvalue weighted by Crippen LogP contribution is 2.19. The van der Waals surface area contributed by atoms with E-state index in [1.165, 1.54) is 0 Å². The van der Waals surface area contributed by atoms with Gasteiger partial charge in [0.2, 0.25) is 5.91 Å². The Morgan fingerprint density at radius 3 is 2.37 bits per heavy atom. The molecule has 8 nitrogen and oxygen atoms in total. The van der Waals surface area contributed by atoms with Crippen LogP contribution in [0.25, 0.3) is 0 Å². The van der Waals surface area contributed by atoms with Crippen molar-refractivity contribution in [1.29, 1.82) is 0 Å². The number of amides is 3. The minimum Gasteiger partial charge on any atom is -0.455 e. The first-order valence-corrected chi connectivity index (χ1v) is 10.5. The molecule has 1 fully saturated rings. The van der Waals surface area contributed by atoms with Crippen LogP contribution < -0.4 is 5.32 Å². The van der Waals surface area contributed by atoms with E-state index in [2.05, 4.69) is 5.32 Å². The SMILES string of the molecule is CCC(=O)N1CCCC(C(=O)OCC(=O)Nc2ccc(C(=O)N(CC)CC)cc2)C1. The zero-order chi connectivity index (χ0) is 22.1. The van der Waals surface area contributed by atoms with E-state index in [0.717, 1.165) is 6.42 Å². The van der Waals surface area contributed by atoms with Crippen LogP contribution in [0.4, 0.5) is 5.69 Å². The first kappa shape index (κ1) is 23.4. The average Bonchev–Trinajstić information content (AvgIpc) is 2.78. The van der Waals surface area contributed by atoms with Gasteiger partial charge in [-0.05, 0) is 51.0 Å². The molecule has 0 aromatic heterocycles. The number of piperidine rings is 1. The molecule has 8 heteroatoms. The number of esters is 1. The number of ether oxygens (including phenoxy) is 1. The van der Waals surface area contributed by atoms with E-state index in [1.807, 2.05) is 13.8 Å². The molecule has 164 valence electrons. The van der Waals surface area contributed by atoms with Gasteiger partial charge < -0.3 is 19.9 Å². The summed E-state index contributed by atoms with van der Waals surface area (Å²) in [6.45, 7) is 7.50. The first-order chi connectivity index (χ1) is 14.4. The number of nitrogens with one attached hydrogen (secondary N) is 1. The van der Waals surface area contributed by atoms with Crippen LogP contribution in [0.2, 0.25) is 0 Å². The van der Waals surface area contributed by atoms with E-state index in [0.29, 0.717) is 50.3 Å². The fourth-order valence-corrected chi connectivity index (χ4v) is 3.46. The molecule has 1 aromatic carbocycles. The number of carbonyl (C=O) groups is 4. The highest BCUT2D eigenvalue weighted by atomic mass is 16.5. The molecule has 1 aliphatic heterocycles. The third-order valence-corrected chi connectivity index (χ3v) is 5.22. The summed E-state index contributed by atoms with van der Waals surface area (Å²) in [5, 5.41) is 2.65. The Morgan fingerprint density at radius 2 is 1.77 bits per heavy atom. The number of rotatable bonds is 8. The van der Waals surface area contributed by atoms with E-state index in [-0.39, 0.29) is 11.8 Å². The van der Waals surface area contributed by atoms with Crippen LogP contribution in [0.15, 0.2) is 24.3 Å². The number of anilines is 1. The maximum atomic E-state index is 12.3. The molecule has 1 unspecified atom stereocenters. The van der Waals surface area contributed by atoms with Crippen molar-refractivity contribution in [2.45, 2.75) is 40.0 Å². The monoisotopic (exact) mass is 417 g/mol. The third kappa shape index (κ3) is 6.30. The topological polar surface area (TPSA) is 96.0 Å². The summed E-state index contributed by atoms with van der Waals surface area (Å²) in [4.78, 5) is 51.9.